The molecule has 0 amide bonds. The predicted octanol–water partition coefficient (Wildman–Crippen LogP) is 2.21. The van der Waals surface area contributed by atoms with Gasteiger partial charge in [0.15, 0.2) is 0 Å². The number of nitrogens with one attached hydrogen (secondary N) is 1. The van der Waals surface area contributed by atoms with E-state index in [-0.39, 0.29) is 5.63 Å². The molecule has 2 heterocycles. The van der Waals surface area contributed by atoms with Gasteiger partial charge in [-0.05, 0) is 24.3 Å². The Bertz CT molecular complexity index is 1140. The van der Waals surface area contributed by atoms with Crippen LogP contribution < -0.4 is 10.9 Å². The fourth-order valence-corrected chi connectivity index (χ4v) is 4.98. The highest BCUT2D eigenvalue weighted by Gasteiger charge is 2.28. The molecule has 152 valence electrons. The van der Waals surface area contributed by atoms with E-state index in [9.17, 15) is 13.2 Å². The summed E-state index contributed by atoms with van der Waals surface area (Å²) >= 11 is 0. The molecule has 7 nitrogen and oxygen atoms in total. The van der Waals surface area contributed by atoms with Crippen LogP contribution in [0.2, 0.25) is 0 Å². The first-order valence-corrected chi connectivity index (χ1v) is 11.0. The summed E-state index contributed by atoms with van der Waals surface area (Å²) in [5.74, 6) is 0. The lowest BCUT2D eigenvalue weighted by Crippen LogP contribution is -2.49. The van der Waals surface area contributed by atoms with Gasteiger partial charge in [-0.3, -0.25) is 4.90 Å². The molecule has 0 spiro atoms. The fraction of sp³-hybridized carbons (Fsp3) is 0.286. The zero-order valence-electron chi connectivity index (χ0n) is 16.0. The van der Waals surface area contributed by atoms with Gasteiger partial charge in [0, 0.05) is 50.7 Å². The Balaban J connectivity index is 1.33. The number of sulfonamides is 1. The molecular formula is C21H23N3O4S. The van der Waals surface area contributed by atoms with E-state index in [1.165, 1.54) is 6.07 Å². The van der Waals surface area contributed by atoms with E-state index in [2.05, 4.69) is 10.2 Å². The van der Waals surface area contributed by atoms with Crippen molar-refractivity contribution in [3.05, 3.63) is 71.1 Å². The topological polar surface area (TPSA) is 82.9 Å². The first-order chi connectivity index (χ1) is 14.0. The fourth-order valence-electron chi connectivity index (χ4n) is 3.54. The van der Waals surface area contributed by atoms with Crippen LogP contribution in [0.5, 0.6) is 0 Å². The van der Waals surface area contributed by atoms with Crippen molar-refractivity contribution in [2.45, 2.75) is 4.90 Å². The maximum Gasteiger partial charge on any atom is 0.338 e. The maximum atomic E-state index is 12.7. The van der Waals surface area contributed by atoms with Crippen LogP contribution in [0, 0.1) is 0 Å². The number of hydrogen-bond acceptors (Lipinski definition) is 6. The van der Waals surface area contributed by atoms with Gasteiger partial charge < -0.3 is 9.73 Å². The quantitative estimate of drug-likeness (QED) is 0.624. The van der Waals surface area contributed by atoms with E-state index in [0.717, 1.165) is 17.6 Å². The molecule has 0 atom stereocenters. The molecule has 1 aliphatic rings. The summed E-state index contributed by atoms with van der Waals surface area (Å²) in [6.07, 6.45) is 0. The SMILES string of the molecule is O=c1cc(NCCN2CCN(S(=O)(=O)c3ccccc3)CC2)c2ccccc2o1. The molecule has 1 aromatic heterocycles. The van der Waals surface area contributed by atoms with Crippen LogP contribution in [0.25, 0.3) is 11.0 Å². The van der Waals surface area contributed by atoms with Crippen molar-refractivity contribution in [1.29, 1.82) is 0 Å². The summed E-state index contributed by atoms with van der Waals surface area (Å²) in [5, 5.41) is 4.18. The van der Waals surface area contributed by atoms with Crippen LogP contribution in [0.15, 0.2) is 74.8 Å². The second-order valence-electron chi connectivity index (χ2n) is 6.96. The number of rotatable bonds is 6. The minimum atomic E-state index is -3.43. The minimum Gasteiger partial charge on any atom is -0.423 e. The lowest BCUT2D eigenvalue weighted by Gasteiger charge is -2.34. The van der Waals surface area contributed by atoms with E-state index in [0.29, 0.717) is 43.2 Å². The molecule has 4 rings (SSSR count). The normalized spacial score (nSPS) is 16.1. The van der Waals surface area contributed by atoms with Gasteiger partial charge in [0.05, 0.1) is 10.6 Å². The third-order valence-electron chi connectivity index (χ3n) is 5.11. The number of anilines is 1. The van der Waals surface area contributed by atoms with Crippen LogP contribution in [-0.4, -0.2) is 56.9 Å². The monoisotopic (exact) mass is 413 g/mol. The van der Waals surface area contributed by atoms with Crippen molar-refractivity contribution in [3.63, 3.8) is 0 Å². The predicted molar refractivity (Wildman–Crippen MR) is 113 cm³/mol. The summed E-state index contributed by atoms with van der Waals surface area (Å²) in [6, 6.07) is 17.4. The number of fused-ring (bicyclic) bond motifs is 1. The lowest BCUT2D eigenvalue weighted by atomic mass is 10.2. The van der Waals surface area contributed by atoms with Crippen molar-refractivity contribution >= 4 is 26.7 Å². The Morgan fingerprint density at radius 3 is 2.38 bits per heavy atom. The summed E-state index contributed by atoms with van der Waals surface area (Å²) in [4.78, 5) is 14.3. The number of piperazine rings is 1. The number of hydrogen-bond donors (Lipinski definition) is 1. The molecule has 3 aromatic rings. The second-order valence-corrected chi connectivity index (χ2v) is 8.90. The molecule has 1 aliphatic heterocycles. The molecule has 8 heteroatoms. The first kappa shape index (κ1) is 19.6. The van der Waals surface area contributed by atoms with E-state index >= 15 is 0 Å². The van der Waals surface area contributed by atoms with Crippen LogP contribution in [0.3, 0.4) is 0 Å². The highest BCUT2D eigenvalue weighted by atomic mass is 32.2. The van der Waals surface area contributed by atoms with E-state index < -0.39 is 10.0 Å². The first-order valence-electron chi connectivity index (χ1n) is 9.58. The van der Waals surface area contributed by atoms with Crippen molar-refractivity contribution < 1.29 is 12.8 Å². The Hall–Kier alpha value is -2.68. The lowest BCUT2D eigenvalue weighted by molar-refractivity contribution is 0.194. The van der Waals surface area contributed by atoms with Gasteiger partial charge in [-0.1, -0.05) is 30.3 Å². The van der Waals surface area contributed by atoms with Crippen LogP contribution in [0.1, 0.15) is 0 Å². The summed E-state index contributed by atoms with van der Waals surface area (Å²) in [6.45, 7) is 3.69. The van der Waals surface area contributed by atoms with Crippen molar-refractivity contribution in [2.75, 3.05) is 44.6 Å². The average molecular weight is 413 g/mol. The second kappa shape index (κ2) is 8.36. The molecule has 1 N–H and O–H groups in total. The van der Waals surface area contributed by atoms with Gasteiger partial charge in [-0.25, -0.2) is 13.2 Å². The van der Waals surface area contributed by atoms with Crippen molar-refractivity contribution in [1.82, 2.24) is 9.21 Å². The molecule has 0 bridgehead atoms. The van der Waals surface area contributed by atoms with Crippen LogP contribution >= 0.6 is 0 Å². The van der Waals surface area contributed by atoms with Gasteiger partial charge in [-0.2, -0.15) is 4.31 Å². The van der Waals surface area contributed by atoms with E-state index in [1.54, 1.807) is 34.6 Å². The number of para-hydroxylation sites is 1. The minimum absolute atomic E-state index is 0.338. The number of nitrogens with zero attached hydrogens (tertiary/aromatic N) is 2. The van der Waals surface area contributed by atoms with Crippen LogP contribution in [0.4, 0.5) is 5.69 Å². The Kier molecular flexibility index (Phi) is 5.66. The van der Waals surface area contributed by atoms with Crippen molar-refractivity contribution in [3.8, 4) is 0 Å². The standard InChI is InChI=1S/C21H23N3O4S/c25-21-16-19(18-8-4-5-9-20(18)28-21)22-10-11-23-12-14-24(15-13-23)29(26,27)17-6-2-1-3-7-17/h1-9,16,22H,10-15H2. The van der Waals surface area contributed by atoms with Gasteiger partial charge in [0.2, 0.25) is 10.0 Å². The zero-order chi connectivity index (χ0) is 20.3. The molecule has 0 saturated carbocycles. The van der Waals surface area contributed by atoms with Gasteiger partial charge >= 0.3 is 5.63 Å². The average Bonchev–Trinajstić information content (AvgIpc) is 2.74. The van der Waals surface area contributed by atoms with Gasteiger partial charge in [0.1, 0.15) is 5.58 Å². The highest BCUT2D eigenvalue weighted by Crippen LogP contribution is 2.21. The molecular weight excluding hydrogens is 390 g/mol. The molecule has 29 heavy (non-hydrogen) atoms. The Morgan fingerprint density at radius 1 is 0.931 bits per heavy atom. The third-order valence-corrected chi connectivity index (χ3v) is 7.02. The zero-order valence-corrected chi connectivity index (χ0v) is 16.8. The summed E-state index contributed by atoms with van der Waals surface area (Å²) in [7, 11) is -3.43. The molecule has 1 fully saturated rings. The third kappa shape index (κ3) is 4.34. The van der Waals surface area contributed by atoms with E-state index in [1.807, 2.05) is 24.3 Å². The molecule has 1 saturated heterocycles. The van der Waals surface area contributed by atoms with Crippen molar-refractivity contribution in [2.24, 2.45) is 0 Å². The molecule has 0 unspecified atom stereocenters. The molecule has 2 aromatic carbocycles. The van der Waals surface area contributed by atoms with E-state index in [4.69, 9.17) is 4.42 Å². The summed E-state index contributed by atoms with van der Waals surface area (Å²) < 4.78 is 32.2. The summed E-state index contributed by atoms with van der Waals surface area (Å²) in [5.41, 5.74) is 0.926. The molecule has 0 radical (unpaired) electrons. The van der Waals surface area contributed by atoms with Crippen LogP contribution in [-0.2, 0) is 10.0 Å². The molecule has 0 aliphatic carbocycles. The van der Waals surface area contributed by atoms with Gasteiger partial charge in [0.25, 0.3) is 0 Å². The highest BCUT2D eigenvalue weighted by molar-refractivity contribution is 7.89. The maximum absolute atomic E-state index is 12.7. The Morgan fingerprint density at radius 2 is 1.62 bits per heavy atom. The largest absolute Gasteiger partial charge is 0.423 e. The Labute approximate surface area is 169 Å². The number of benzene rings is 2. The smallest absolute Gasteiger partial charge is 0.338 e. The van der Waals surface area contributed by atoms with Gasteiger partial charge in [-0.15, -0.1) is 0 Å².